The second-order valence-electron chi connectivity index (χ2n) is 3.90. The number of aryl methyl sites for hydroxylation is 1. The summed E-state index contributed by atoms with van der Waals surface area (Å²) < 4.78 is 0. The van der Waals surface area contributed by atoms with Crippen molar-refractivity contribution in [2.75, 3.05) is 0 Å². The molecule has 0 nitrogen and oxygen atoms in total. The minimum atomic E-state index is 1.05. The van der Waals surface area contributed by atoms with E-state index >= 15 is 0 Å². The van der Waals surface area contributed by atoms with Gasteiger partial charge in [0.25, 0.3) is 0 Å². The SMILES string of the molecule is C/C=C1\CC=CC=C1c1cccc(C)c1. The van der Waals surface area contributed by atoms with Crippen LogP contribution in [0.3, 0.4) is 0 Å². The van der Waals surface area contributed by atoms with Gasteiger partial charge in [-0.15, -0.1) is 0 Å². The highest BCUT2D eigenvalue weighted by Crippen LogP contribution is 2.29. The molecular formula is C15H16. The molecule has 0 fully saturated rings. The maximum Gasteiger partial charge on any atom is -0.00914 e. The van der Waals surface area contributed by atoms with Crippen molar-refractivity contribution in [3.05, 3.63) is 65.3 Å². The second-order valence-corrected chi connectivity index (χ2v) is 3.90. The molecule has 0 N–H and O–H groups in total. The van der Waals surface area contributed by atoms with E-state index in [0.717, 1.165) is 6.42 Å². The van der Waals surface area contributed by atoms with E-state index in [1.165, 1.54) is 22.3 Å². The Balaban J connectivity index is 2.45. The molecule has 0 saturated carbocycles. The Hall–Kier alpha value is -1.56. The minimum Gasteiger partial charge on any atom is -0.0835 e. The van der Waals surface area contributed by atoms with Gasteiger partial charge in [-0.1, -0.05) is 54.1 Å². The zero-order chi connectivity index (χ0) is 10.7. The molecule has 0 bridgehead atoms. The summed E-state index contributed by atoms with van der Waals surface area (Å²) in [6.45, 7) is 4.25. The Morgan fingerprint density at radius 3 is 2.87 bits per heavy atom. The van der Waals surface area contributed by atoms with Crippen LogP contribution in [0, 0.1) is 6.92 Å². The molecule has 0 atom stereocenters. The van der Waals surface area contributed by atoms with Crippen molar-refractivity contribution in [1.29, 1.82) is 0 Å². The molecule has 0 heterocycles. The standard InChI is InChI=1S/C15H16/c1-3-13-8-4-5-10-15(13)14-9-6-7-12(2)11-14/h3-7,9-11H,8H2,1-2H3/b13-3+. The van der Waals surface area contributed by atoms with E-state index in [4.69, 9.17) is 0 Å². The Labute approximate surface area is 91.6 Å². The topological polar surface area (TPSA) is 0 Å². The Morgan fingerprint density at radius 2 is 2.13 bits per heavy atom. The van der Waals surface area contributed by atoms with Gasteiger partial charge < -0.3 is 0 Å². The predicted octanol–water partition coefficient (Wildman–Crippen LogP) is 4.28. The molecule has 1 aromatic carbocycles. The maximum absolute atomic E-state index is 2.24. The predicted molar refractivity (Wildman–Crippen MR) is 66.7 cm³/mol. The molecule has 0 heteroatoms. The van der Waals surface area contributed by atoms with Gasteiger partial charge in [0.2, 0.25) is 0 Å². The van der Waals surface area contributed by atoms with Gasteiger partial charge in [-0.25, -0.2) is 0 Å². The average Bonchev–Trinajstić information content (AvgIpc) is 2.29. The lowest BCUT2D eigenvalue weighted by Gasteiger charge is -2.14. The maximum atomic E-state index is 2.24. The first-order valence-electron chi connectivity index (χ1n) is 5.40. The first kappa shape index (κ1) is 9.97. The van der Waals surface area contributed by atoms with E-state index in [9.17, 15) is 0 Å². The summed E-state index contributed by atoms with van der Waals surface area (Å²) in [6.07, 6.45) is 9.81. The van der Waals surface area contributed by atoms with Crippen molar-refractivity contribution in [1.82, 2.24) is 0 Å². The molecule has 0 unspecified atom stereocenters. The molecule has 1 aliphatic rings. The van der Waals surface area contributed by atoms with Crippen LogP contribution in [0.4, 0.5) is 0 Å². The van der Waals surface area contributed by atoms with E-state index in [0.29, 0.717) is 0 Å². The molecule has 0 amide bonds. The normalized spacial score (nSPS) is 18.0. The van der Waals surface area contributed by atoms with Gasteiger partial charge in [0, 0.05) is 0 Å². The van der Waals surface area contributed by atoms with Gasteiger partial charge >= 0.3 is 0 Å². The van der Waals surface area contributed by atoms with Crippen LogP contribution in [0.15, 0.2) is 54.1 Å². The van der Waals surface area contributed by atoms with Crippen LogP contribution in [0.25, 0.3) is 5.57 Å². The van der Waals surface area contributed by atoms with Crippen LogP contribution in [-0.4, -0.2) is 0 Å². The van der Waals surface area contributed by atoms with Gasteiger partial charge in [0.15, 0.2) is 0 Å². The Kier molecular flexibility index (Phi) is 2.86. The molecule has 76 valence electrons. The van der Waals surface area contributed by atoms with Gasteiger partial charge in [-0.2, -0.15) is 0 Å². The monoisotopic (exact) mass is 196 g/mol. The number of rotatable bonds is 1. The third-order valence-corrected chi connectivity index (χ3v) is 2.76. The van der Waals surface area contributed by atoms with Crippen LogP contribution in [-0.2, 0) is 0 Å². The van der Waals surface area contributed by atoms with Crippen LogP contribution < -0.4 is 0 Å². The van der Waals surface area contributed by atoms with Crippen molar-refractivity contribution < 1.29 is 0 Å². The highest BCUT2D eigenvalue weighted by Gasteiger charge is 2.07. The molecule has 0 aromatic heterocycles. The van der Waals surface area contributed by atoms with Gasteiger partial charge in [-0.05, 0) is 37.0 Å². The molecule has 2 rings (SSSR count). The first-order chi connectivity index (χ1) is 7.31. The molecule has 1 aliphatic carbocycles. The molecule has 15 heavy (non-hydrogen) atoms. The highest BCUT2D eigenvalue weighted by atomic mass is 14.1. The molecule has 1 aromatic rings. The van der Waals surface area contributed by atoms with Crippen molar-refractivity contribution in [2.45, 2.75) is 20.3 Å². The van der Waals surface area contributed by atoms with E-state index in [1.807, 2.05) is 0 Å². The fourth-order valence-corrected chi connectivity index (χ4v) is 1.94. The summed E-state index contributed by atoms with van der Waals surface area (Å²) in [7, 11) is 0. The summed E-state index contributed by atoms with van der Waals surface area (Å²) in [5.41, 5.74) is 5.43. The lowest BCUT2D eigenvalue weighted by atomic mass is 9.91. The third kappa shape index (κ3) is 2.10. The fraction of sp³-hybridized carbons (Fsp3) is 0.200. The van der Waals surface area contributed by atoms with Crippen molar-refractivity contribution >= 4 is 5.57 Å². The third-order valence-electron chi connectivity index (χ3n) is 2.76. The van der Waals surface area contributed by atoms with Gasteiger partial charge in [0.05, 0.1) is 0 Å². The van der Waals surface area contributed by atoms with E-state index in [1.54, 1.807) is 0 Å². The molecule has 0 spiro atoms. The summed E-state index contributed by atoms with van der Waals surface area (Å²) in [5, 5.41) is 0. The summed E-state index contributed by atoms with van der Waals surface area (Å²) >= 11 is 0. The van der Waals surface area contributed by atoms with Crippen LogP contribution in [0.1, 0.15) is 24.5 Å². The van der Waals surface area contributed by atoms with E-state index in [2.05, 4.69) is 62.4 Å². The van der Waals surface area contributed by atoms with Crippen LogP contribution in [0.2, 0.25) is 0 Å². The lowest BCUT2D eigenvalue weighted by molar-refractivity contribution is 1.25. The lowest BCUT2D eigenvalue weighted by Crippen LogP contribution is -1.93. The molecule has 0 saturated heterocycles. The van der Waals surface area contributed by atoms with Crippen LogP contribution in [0.5, 0.6) is 0 Å². The molecular weight excluding hydrogens is 180 g/mol. The van der Waals surface area contributed by atoms with E-state index < -0.39 is 0 Å². The number of hydrogen-bond acceptors (Lipinski definition) is 0. The first-order valence-corrected chi connectivity index (χ1v) is 5.40. The smallest absolute Gasteiger partial charge is 0.00914 e. The van der Waals surface area contributed by atoms with Crippen LogP contribution >= 0.6 is 0 Å². The van der Waals surface area contributed by atoms with Gasteiger partial charge in [0.1, 0.15) is 0 Å². The van der Waals surface area contributed by atoms with Crippen molar-refractivity contribution in [3.63, 3.8) is 0 Å². The zero-order valence-corrected chi connectivity index (χ0v) is 9.33. The quantitative estimate of drug-likeness (QED) is 0.628. The number of allylic oxidation sites excluding steroid dienone is 6. The largest absolute Gasteiger partial charge is 0.0835 e. The Morgan fingerprint density at radius 1 is 1.27 bits per heavy atom. The summed E-state index contributed by atoms with van der Waals surface area (Å²) in [6, 6.07) is 8.69. The molecule has 0 radical (unpaired) electrons. The number of benzene rings is 1. The highest BCUT2D eigenvalue weighted by molar-refractivity contribution is 5.81. The summed E-state index contributed by atoms with van der Waals surface area (Å²) in [5.74, 6) is 0. The van der Waals surface area contributed by atoms with E-state index in [-0.39, 0.29) is 0 Å². The number of hydrogen-bond donors (Lipinski definition) is 0. The minimum absolute atomic E-state index is 1.05. The summed E-state index contributed by atoms with van der Waals surface area (Å²) in [4.78, 5) is 0. The Bertz CT molecular complexity index is 445. The van der Waals surface area contributed by atoms with Crippen molar-refractivity contribution in [3.8, 4) is 0 Å². The molecule has 0 aliphatic heterocycles. The second kappa shape index (κ2) is 4.31. The van der Waals surface area contributed by atoms with Gasteiger partial charge in [-0.3, -0.25) is 0 Å². The van der Waals surface area contributed by atoms with Crippen molar-refractivity contribution in [2.24, 2.45) is 0 Å². The zero-order valence-electron chi connectivity index (χ0n) is 9.33. The average molecular weight is 196 g/mol. The fourth-order valence-electron chi connectivity index (χ4n) is 1.94.